The average Bonchev–Trinajstić information content (AvgIpc) is 3.35. The molecule has 2 atom stereocenters. The van der Waals surface area contributed by atoms with Crippen LogP contribution in [0.2, 0.25) is 0 Å². The number of aliphatic carboxylic acids is 1. The van der Waals surface area contributed by atoms with Gasteiger partial charge in [0.1, 0.15) is 11.3 Å². The highest BCUT2D eigenvalue weighted by Gasteiger charge is 2.28. The van der Waals surface area contributed by atoms with Crippen LogP contribution in [0.4, 0.5) is 0 Å². The van der Waals surface area contributed by atoms with Crippen molar-refractivity contribution in [3.63, 3.8) is 0 Å². The van der Waals surface area contributed by atoms with Crippen molar-refractivity contribution in [2.24, 2.45) is 5.92 Å². The van der Waals surface area contributed by atoms with Crippen LogP contribution in [-0.2, 0) is 24.2 Å². The molecule has 1 aliphatic carbocycles. The van der Waals surface area contributed by atoms with Crippen molar-refractivity contribution in [1.29, 1.82) is 0 Å². The molecule has 0 amide bonds. The molecule has 1 N–H and O–H groups in total. The molecular weight excluding hydrogens is 466 g/mol. The number of carbonyl (C=O) groups is 2. The van der Waals surface area contributed by atoms with Gasteiger partial charge in [-0.15, -0.1) is 5.10 Å². The zero-order valence-corrected chi connectivity index (χ0v) is 21.4. The van der Waals surface area contributed by atoms with Crippen molar-refractivity contribution in [3.8, 4) is 5.75 Å². The third-order valence-electron chi connectivity index (χ3n) is 7.64. The second-order valence-electron chi connectivity index (χ2n) is 9.76. The number of carboxylic acid groups (broad SMARTS) is 1. The molecule has 0 aliphatic heterocycles. The zero-order chi connectivity index (χ0) is 26.1. The van der Waals surface area contributed by atoms with Gasteiger partial charge in [0.25, 0.3) is 0 Å². The second kappa shape index (κ2) is 10.2. The summed E-state index contributed by atoms with van der Waals surface area (Å²) in [6.07, 6.45) is 2.26. The second-order valence-corrected chi connectivity index (χ2v) is 9.76. The first-order chi connectivity index (χ1) is 17.9. The van der Waals surface area contributed by atoms with E-state index in [1.165, 1.54) is 5.56 Å². The van der Waals surface area contributed by atoms with Crippen LogP contribution < -0.4 is 4.74 Å². The molecule has 3 aromatic carbocycles. The van der Waals surface area contributed by atoms with Gasteiger partial charge in [0.15, 0.2) is 5.78 Å². The van der Waals surface area contributed by atoms with Crippen LogP contribution in [0.5, 0.6) is 5.75 Å². The van der Waals surface area contributed by atoms with E-state index in [2.05, 4.69) is 22.4 Å². The summed E-state index contributed by atoms with van der Waals surface area (Å²) in [5, 5.41) is 18.4. The molecule has 0 fully saturated rings. The number of aromatic nitrogens is 3. The number of ketones is 1. The Hall–Kier alpha value is -4.00. The van der Waals surface area contributed by atoms with E-state index in [4.69, 9.17) is 4.74 Å². The summed E-state index contributed by atoms with van der Waals surface area (Å²) in [5.74, 6) is -0.411. The number of carbonyl (C=O) groups excluding carboxylic acids is 1. The molecular formula is C30H31N3O4. The molecule has 0 saturated carbocycles. The van der Waals surface area contributed by atoms with E-state index in [1.807, 2.05) is 61.0 Å². The van der Waals surface area contributed by atoms with E-state index in [-0.39, 0.29) is 24.0 Å². The minimum Gasteiger partial charge on any atom is -0.497 e. The molecule has 0 spiro atoms. The van der Waals surface area contributed by atoms with Crippen molar-refractivity contribution in [3.05, 3.63) is 88.0 Å². The molecule has 1 aromatic heterocycles. The highest BCUT2D eigenvalue weighted by atomic mass is 16.5. The number of hydrogen-bond acceptors (Lipinski definition) is 5. The van der Waals surface area contributed by atoms with Gasteiger partial charge >= 0.3 is 5.97 Å². The fourth-order valence-electron chi connectivity index (χ4n) is 5.58. The molecule has 2 unspecified atom stereocenters. The molecule has 4 aromatic rings. The minimum atomic E-state index is -0.855. The Kier molecular flexibility index (Phi) is 6.78. The Bertz CT molecular complexity index is 1470. The Balaban J connectivity index is 1.47. The van der Waals surface area contributed by atoms with Crippen LogP contribution >= 0.6 is 0 Å². The Morgan fingerprint density at radius 1 is 1.11 bits per heavy atom. The SMILES string of the molecule is CCn1nnc2c(C)c(C(CC(=O)O)c3ccc4c(c3)CC(C(=O)c3ccc(OC)cc3)CC4)ccc21. The van der Waals surface area contributed by atoms with Gasteiger partial charge in [0.05, 0.1) is 19.0 Å². The van der Waals surface area contributed by atoms with Gasteiger partial charge in [-0.25, -0.2) is 4.68 Å². The van der Waals surface area contributed by atoms with Gasteiger partial charge in [-0.1, -0.05) is 29.5 Å². The van der Waals surface area contributed by atoms with Crippen LogP contribution in [0.1, 0.15) is 63.9 Å². The topological polar surface area (TPSA) is 94.3 Å². The van der Waals surface area contributed by atoms with Crippen molar-refractivity contribution >= 4 is 22.8 Å². The Morgan fingerprint density at radius 3 is 2.59 bits per heavy atom. The lowest BCUT2D eigenvalue weighted by Gasteiger charge is -2.26. The summed E-state index contributed by atoms with van der Waals surface area (Å²) in [6, 6.07) is 17.5. The molecule has 7 nitrogen and oxygen atoms in total. The number of methoxy groups -OCH3 is 1. The number of benzene rings is 3. The number of Topliss-reactive ketones (excluding diaryl/α,β-unsaturated/α-hetero) is 1. The van der Waals surface area contributed by atoms with E-state index in [1.54, 1.807) is 7.11 Å². The predicted octanol–water partition coefficient (Wildman–Crippen LogP) is 5.36. The van der Waals surface area contributed by atoms with Gasteiger partial charge in [0.2, 0.25) is 0 Å². The summed E-state index contributed by atoms with van der Waals surface area (Å²) >= 11 is 0. The van der Waals surface area contributed by atoms with Crippen LogP contribution in [0.25, 0.3) is 11.0 Å². The highest BCUT2D eigenvalue weighted by molar-refractivity contribution is 5.98. The van der Waals surface area contributed by atoms with E-state index >= 15 is 0 Å². The van der Waals surface area contributed by atoms with E-state index in [0.717, 1.165) is 58.4 Å². The van der Waals surface area contributed by atoms with Crippen molar-refractivity contribution in [2.75, 3.05) is 7.11 Å². The molecule has 5 rings (SSSR count). The van der Waals surface area contributed by atoms with E-state index < -0.39 is 5.97 Å². The van der Waals surface area contributed by atoms with Crippen molar-refractivity contribution in [2.45, 2.75) is 52.0 Å². The van der Waals surface area contributed by atoms with E-state index in [0.29, 0.717) is 12.0 Å². The lowest BCUT2D eigenvalue weighted by atomic mass is 9.77. The monoisotopic (exact) mass is 497 g/mol. The van der Waals surface area contributed by atoms with Gasteiger partial charge in [-0.3, -0.25) is 9.59 Å². The number of rotatable bonds is 8. The molecule has 0 radical (unpaired) electrons. The molecule has 37 heavy (non-hydrogen) atoms. The van der Waals surface area contributed by atoms with Gasteiger partial charge in [-0.05, 0) is 91.3 Å². The van der Waals surface area contributed by atoms with Crippen molar-refractivity contribution < 1.29 is 19.4 Å². The first kappa shape index (κ1) is 24.7. The van der Waals surface area contributed by atoms with Crippen LogP contribution in [0.3, 0.4) is 0 Å². The third-order valence-corrected chi connectivity index (χ3v) is 7.64. The number of nitrogens with zero attached hydrogens (tertiary/aromatic N) is 3. The maximum atomic E-state index is 13.3. The molecule has 1 aliphatic rings. The average molecular weight is 498 g/mol. The summed E-state index contributed by atoms with van der Waals surface area (Å²) in [6.45, 7) is 4.72. The number of aryl methyl sites for hydroxylation is 3. The standard InChI is InChI=1S/C30H31N3O4/c1-4-33-27-14-13-25(18(2)29(27)31-32-33)26(17-28(34)35)21-7-5-19-6-8-22(16-23(19)15-21)30(36)20-9-11-24(37-3)12-10-20/h5,7,9-15,22,26H,4,6,8,16-17H2,1-3H3,(H,34,35). The number of fused-ring (bicyclic) bond motifs is 2. The first-order valence-corrected chi connectivity index (χ1v) is 12.7. The molecule has 7 heteroatoms. The Labute approximate surface area is 216 Å². The fraction of sp³-hybridized carbons (Fsp3) is 0.333. The zero-order valence-electron chi connectivity index (χ0n) is 21.4. The maximum absolute atomic E-state index is 13.3. The van der Waals surface area contributed by atoms with E-state index in [9.17, 15) is 14.7 Å². The summed E-state index contributed by atoms with van der Waals surface area (Å²) in [4.78, 5) is 25.2. The summed E-state index contributed by atoms with van der Waals surface area (Å²) < 4.78 is 7.06. The molecule has 1 heterocycles. The predicted molar refractivity (Wildman–Crippen MR) is 141 cm³/mol. The highest BCUT2D eigenvalue weighted by Crippen LogP contribution is 2.36. The summed E-state index contributed by atoms with van der Waals surface area (Å²) in [5.41, 5.74) is 7.65. The van der Waals surface area contributed by atoms with Crippen LogP contribution in [0, 0.1) is 12.8 Å². The number of hydrogen-bond donors (Lipinski definition) is 1. The van der Waals surface area contributed by atoms with Gasteiger partial charge in [-0.2, -0.15) is 0 Å². The molecule has 0 bridgehead atoms. The van der Waals surface area contributed by atoms with Crippen LogP contribution in [-0.4, -0.2) is 39.0 Å². The number of carboxylic acids is 1. The lowest BCUT2D eigenvalue weighted by molar-refractivity contribution is -0.137. The van der Waals surface area contributed by atoms with Crippen molar-refractivity contribution in [1.82, 2.24) is 15.0 Å². The molecule has 0 saturated heterocycles. The fourth-order valence-corrected chi connectivity index (χ4v) is 5.58. The minimum absolute atomic E-state index is 0.0265. The third kappa shape index (κ3) is 4.73. The lowest BCUT2D eigenvalue weighted by Crippen LogP contribution is -2.23. The number of ether oxygens (including phenoxy) is 1. The smallest absolute Gasteiger partial charge is 0.304 e. The first-order valence-electron chi connectivity index (χ1n) is 12.7. The van der Waals surface area contributed by atoms with Crippen LogP contribution in [0.15, 0.2) is 54.6 Å². The van der Waals surface area contributed by atoms with Gasteiger partial charge < -0.3 is 9.84 Å². The molecule has 190 valence electrons. The largest absolute Gasteiger partial charge is 0.497 e. The normalized spacial score (nSPS) is 15.8. The maximum Gasteiger partial charge on any atom is 0.304 e. The van der Waals surface area contributed by atoms with Gasteiger partial charge in [0, 0.05) is 23.9 Å². The quantitative estimate of drug-likeness (QED) is 0.329. The Morgan fingerprint density at radius 2 is 1.89 bits per heavy atom. The summed E-state index contributed by atoms with van der Waals surface area (Å²) in [7, 11) is 1.61.